The molecule has 78 valence electrons. The van der Waals surface area contributed by atoms with Gasteiger partial charge in [-0.1, -0.05) is 5.21 Å². The molecule has 3 aliphatic heterocycles. The third-order valence-corrected chi connectivity index (χ3v) is 2.54. The van der Waals surface area contributed by atoms with Crippen molar-refractivity contribution < 1.29 is 4.74 Å². The lowest BCUT2D eigenvalue weighted by Crippen LogP contribution is -2.37. The van der Waals surface area contributed by atoms with Crippen molar-refractivity contribution in [3.8, 4) is 11.4 Å². The molecule has 3 heterocycles. The molecule has 0 saturated carbocycles. The first kappa shape index (κ1) is 8.60. The van der Waals surface area contributed by atoms with Gasteiger partial charge < -0.3 is 9.64 Å². The maximum absolute atomic E-state index is 5.30. The van der Waals surface area contributed by atoms with Gasteiger partial charge in [-0.3, -0.25) is 10.1 Å². The molecule has 0 aromatic heterocycles. The monoisotopic (exact) mass is 205 g/mol. The zero-order chi connectivity index (χ0) is 10.1. The number of morpholine rings is 1. The van der Waals surface area contributed by atoms with E-state index in [0.29, 0.717) is 0 Å². The Kier molecular flexibility index (Phi) is 1.99. The molecule has 1 N–H and O–H groups in total. The predicted octanol–water partition coefficient (Wildman–Crippen LogP) is 0.141. The van der Waals surface area contributed by atoms with Crippen molar-refractivity contribution in [1.29, 1.82) is 0 Å². The van der Waals surface area contributed by atoms with Gasteiger partial charge in [-0.15, -0.1) is 5.10 Å². The van der Waals surface area contributed by atoms with E-state index in [2.05, 4.69) is 25.3 Å². The Balaban J connectivity index is 1.99. The number of anilines is 1. The molecular weight excluding hydrogens is 194 g/mol. The second-order valence-electron chi connectivity index (χ2n) is 3.44. The zero-order valence-electron chi connectivity index (χ0n) is 8.18. The lowest BCUT2D eigenvalue weighted by molar-refractivity contribution is 0.122. The van der Waals surface area contributed by atoms with Gasteiger partial charge in [0.15, 0.2) is 5.82 Å². The van der Waals surface area contributed by atoms with Crippen LogP contribution in [0.1, 0.15) is 0 Å². The zero-order valence-corrected chi connectivity index (χ0v) is 8.18. The van der Waals surface area contributed by atoms with Gasteiger partial charge in [0, 0.05) is 19.3 Å². The van der Waals surface area contributed by atoms with E-state index >= 15 is 0 Å². The molecule has 3 aliphatic rings. The van der Waals surface area contributed by atoms with Gasteiger partial charge in [-0.2, -0.15) is 0 Å². The highest BCUT2D eigenvalue weighted by Crippen LogP contribution is 2.26. The molecule has 1 saturated heterocycles. The third-order valence-electron chi connectivity index (χ3n) is 2.54. The normalized spacial score (nSPS) is 17.2. The lowest BCUT2D eigenvalue weighted by atomic mass is 10.3. The Morgan fingerprint density at radius 3 is 3.07 bits per heavy atom. The number of hydrogen-bond acceptors (Lipinski definition) is 5. The summed E-state index contributed by atoms with van der Waals surface area (Å²) in [5.74, 6) is 0.844. The summed E-state index contributed by atoms with van der Waals surface area (Å²) in [5.41, 5.74) is 1.80. The summed E-state index contributed by atoms with van der Waals surface area (Å²) in [7, 11) is 0. The summed E-state index contributed by atoms with van der Waals surface area (Å²) in [6.07, 6.45) is 1.76. The van der Waals surface area contributed by atoms with Crippen molar-refractivity contribution in [2.24, 2.45) is 0 Å². The van der Waals surface area contributed by atoms with Gasteiger partial charge >= 0.3 is 0 Å². The van der Waals surface area contributed by atoms with Gasteiger partial charge in [-0.25, -0.2) is 0 Å². The number of aromatic nitrogens is 4. The van der Waals surface area contributed by atoms with Gasteiger partial charge in [0.05, 0.1) is 18.9 Å². The fourth-order valence-electron chi connectivity index (χ4n) is 1.76. The molecule has 0 aromatic rings. The Hall–Kier alpha value is -1.69. The molecule has 0 bridgehead atoms. The standard InChI is InChI=1S/C9H11N5O/c1-2-10-8-7(1)11-13-12-9(8)14-3-5-15-6-4-14/h1-2H,3-6H2,(H,11,12). The molecule has 0 unspecified atom stereocenters. The Morgan fingerprint density at radius 1 is 1.33 bits per heavy atom. The van der Waals surface area contributed by atoms with Crippen LogP contribution in [0.25, 0.3) is 11.4 Å². The van der Waals surface area contributed by atoms with Crippen molar-refractivity contribution in [2.45, 2.75) is 0 Å². The van der Waals surface area contributed by atoms with E-state index in [1.54, 1.807) is 6.20 Å². The van der Waals surface area contributed by atoms with Crippen LogP contribution in [0.2, 0.25) is 0 Å². The summed E-state index contributed by atoms with van der Waals surface area (Å²) in [5, 5.41) is 10.8. The summed E-state index contributed by atoms with van der Waals surface area (Å²) in [4.78, 5) is 6.43. The minimum atomic E-state index is 0.739. The first-order valence-electron chi connectivity index (χ1n) is 4.93. The minimum absolute atomic E-state index is 0.739. The number of nitrogens with one attached hydrogen (secondary N) is 1. The van der Waals surface area contributed by atoms with Gasteiger partial charge in [0.2, 0.25) is 0 Å². The SMILES string of the molecule is c1cc2[nH]nnc(N3CCOCC3)c-2n1. The first-order chi connectivity index (χ1) is 7.45. The molecule has 6 heteroatoms. The van der Waals surface area contributed by atoms with Crippen LogP contribution in [0, 0.1) is 0 Å². The van der Waals surface area contributed by atoms with Gasteiger partial charge in [0.1, 0.15) is 5.69 Å². The molecule has 0 amide bonds. The average molecular weight is 205 g/mol. The topological polar surface area (TPSA) is 66.9 Å². The molecular formula is C9H11N5O. The quantitative estimate of drug-likeness (QED) is 0.717. The molecule has 1 fully saturated rings. The molecule has 0 aromatic carbocycles. The van der Waals surface area contributed by atoms with Crippen LogP contribution in [0.3, 0.4) is 0 Å². The van der Waals surface area contributed by atoms with E-state index in [9.17, 15) is 0 Å². The molecule has 3 rings (SSSR count). The second-order valence-corrected chi connectivity index (χ2v) is 3.44. The number of hydrogen-bond donors (Lipinski definition) is 1. The number of H-pyrrole nitrogens is 1. The van der Waals surface area contributed by atoms with E-state index in [4.69, 9.17) is 4.74 Å². The number of nitrogens with zero attached hydrogens (tertiary/aromatic N) is 4. The number of aromatic amines is 1. The lowest BCUT2D eigenvalue weighted by Gasteiger charge is -2.27. The van der Waals surface area contributed by atoms with Crippen LogP contribution in [0.15, 0.2) is 12.3 Å². The fraction of sp³-hybridized carbons (Fsp3) is 0.444. The highest BCUT2D eigenvalue weighted by atomic mass is 16.5. The Morgan fingerprint density at radius 2 is 2.20 bits per heavy atom. The second kappa shape index (κ2) is 3.47. The van der Waals surface area contributed by atoms with Crippen molar-refractivity contribution in [3.63, 3.8) is 0 Å². The van der Waals surface area contributed by atoms with Crippen LogP contribution in [-0.4, -0.2) is 46.7 Å². The maximum atomic E-state index is 5.30. The third kappa shape index (κ3) is 1.42. The summed E-state index contributed by atoms with van der Waals surface area (Å²) < 4.78 is 5.30. The van der Waals surface area contributed by atoms with Crippen LogP contribution in [0.4, 0.5) is 5.82 Å². The molecule has 0 spiro atoms. The first-order valence-corrected chi connectivity index (χ1v) is 4.93. The largest absolute Gasteiger partial charge is 0.378 e. The Labute approximate surface area is 86.6 Å². The number of ether oxygens (including phenoxy) is 1. The minimum Gasteiger partial charge on any atom is -0.378 e. The molecule has 15 heavy (non-hydrogen) atoms. The van der Waals surface area contributed by atoms with Crippen LogP contribution in [0.5, 0.6) is 0 Å². The van der Waals surface area contributed by atoms with Gasteiger partial charge in [0.25, 0.3) is 0 Å². The maximum Gasteiger partial charge on any atom is 0.181 e. The number of fused-ring (bicyclic) bond motifs is 1. The molecule has 6 nitrogen and oxygen atoms in total. The van der Waals surface area contributed by atoms with E-state index < -0.39 is 0 Å². The Bertz CT molecular complexity index is 423. The average Bonchev–Trinajstić information content (AvgIpc) is 2.78. The van der Waals surface area contributed by atoms with Crippen LogP contribution in [-0.2, 0) is 4.74 Å². The molecule has 0 aliphatic carbocycles. The van der Waals surface area contributed by atoms with Gasteiger partial charge in [-0.05, 0) is 6.07 Å². The molecule has 0 atom stereocenters. The number of rotatable bonds is 1. The summed E-state index contributed by atoms with van der Waals surface area (Å²) >= 11 is 0. The van der Waals surface area contributed by atoms with Crippen molar-refractivity contribution >= 4 is 5.82 Å². The van der Waals surface area contributed by atoms with E-state index in [0.717, 1.165) is 43.5 Å². The fourth-order valence-corrected chi connectivity index (χ4v) is 1.76. The van der Waals surface area contributed by atoms with E-state index in [-0.39, 0.29) is 0 Å². The van der Waals surface area contributed by atoms with Crippen molar-refractivity contribution in [3.05, 3.63) is 12.3 Å². The van der Waals surface area contributed by atoms with Crippen molar-refractivity contribution in [2.75, 3.05) is 31.2 Å². The molecule has 0 radical (unpaired) electrons. The highest BCUT2D eigenvalue weighted by Gasteiger charge is 2.20. The van der Waals surface area contributed by atoms with Crippen molar-refractivity contribution in [1.82, 2.24) is 20.4 Å². The van der Waals surface area contributed by atoms with Crippen LogP contribution >= 0.6 is 0 Å². The van der Waals surface area contributed by atoms with Crippen LogP contribution < -0.4 is 4.90 Å². The van der Waals surface area contributed by atoms with E-state index in [1.807, 2.05) is 6.07 Å². The summed E-state index contributed by atoms with van der Waals surface area (Å²) in [6.45, 7) is 3.17. The highest BCUT2D eigenvalue weighted by molar-refractivity contribution is 5.69. The predicted molar refractivity (Wildman–Crippen MR) is 53.8 cm³/mol. The van der Waals surface area contributed by atoms with E-state index in [1.165, 1.54) is 0 Å². The summed E-state index contributed by atoms with van der Waals surface area (Å²) in [6, 6.07) is 1.90. The smallest absolute Gasteiger partial charge is 0.181 e.